The molecular weight excluding hydrogens is 653 g/mol. The molecule has 0 aromatic heterocycles. The van der Waals surface area contributed by atoms with E-state index in [0.717, 1.165) is 33.5 Å². The maximum atomic E-state index is 13.9. The van der Waals surface area contributed by atoms with Gasteiger partial charge in [0.2, 0.25) is 23.6 Å². The van der Waals surface area contributed by atoms with Gasteiger partial charge in [0.05, 0.1) is 21.3 Å². The summed E-state index contributed by atoms with van der Waals surface area (Å²) in [7, 11) is -8.39. The Morgan fingerprint density at radius 2 is 1.02 bits per heavy atom. The predicted molar refractivity (Wildman–Crippen MR) is 168 cm³/mol. The third kappa shape index (κ3) is 6.62. The molecule has 2 aromatic rings. The Hall–Kier alpha value is -3.48. The Morgan fingerprint density at radius 3 is 1.32 bits per heavy atom. The fourth-order valence-electron chi connectivity index (χ4n) is 4.98. The summed E-state index contributed by atoms with van der Waals surface area (Å²) in [5.41, 5.74) is 0. The monoisotopic (exact) mass is 682 g/mol. The van der Waals surface area contributed by atoms with Crippen LogP contribution in [0.3, 0.4) is 0 Å². The number of sulfone groups is 2. The summed E-state index contributed by atoms with van der Waals surface area (Å²) in [5, 5.41) is 15.6. The summed E-state index contributed by atoms with van der Waals surface area (Å²) in [6.45, 7) is 7.98. The number of hydrogen-bond acceptors (Lipinski definition) is 12. The fourth-order valence-corrected chi connectivity index (χ4v) is 11.9. The molecule has 2 atom stereocenters. The van der Waals surface area contributed by atoms with Crippen molar-refractivity contribution in [3.8, 4) is 0 Å². The van der Waals surface area contributed by atoms with Gasteiger partial charge >= 0.3 is 0 Å². The summed E-state index contributed by atoms with van der Waals surface area (Å²) >= 11 is 1.82. The minimum Gasteiger partial charge on any atom is -0.304 e. The van der Waals surface area contributed by atoms with Crippen molar-refractivity contribution in [3.63, 3.8) is 0 Å². The van der Waals surface area contributed by atoms with Gasteiger partial charge in [0.25, 0.3) is 0 Å². The van der Waals surface area contributed by atoms with Gasteiger partial charge in [-0.15, -0.1) is 10.2 Å². The third-order valence-electron chi connectivity index (χ3n) is 6.50. The molecule has 4 amide bonds. The first-order valence-electron chi connectivity index (χ1n) is 13.0. The zero-order valence-electron chi connectivity index (χ0n) is 24.6. The number of amides is 4. The van der Waals surface area contributed by atoms with Crippen LogP contribution < -0.4 is 10.6 Å². The van der Waals surface area contributed by atoms with E-state index < -0.39 is 64.6 Å². The molecule has 2 aliphatic heterocycles. The average molecular weight is 683 g/mol. The molecular formula is C26H30N6O8S4. The summed E-state index contributed by atoms with van der Waals surface area (Å²) < 4.78 is 55.6. The van der Waals surface area contributed by atoms with E-state index >= 15 is 0 Å². The number of fused-ring (bicyclic) bond motifs is 1. The van der Waals surface area contributed by atoms with Crippen molar-refractivity contribution >= 4 is 87.9 Å². The summed E-state index contributed by atoms with van der Waals surface area (Å²) in [6, 6.07) is 8.52. The van der Waals surface area contributed by atoms with Gasteiger partial charge in [-0.2, -0.15) is 0 Å². The standard InChI is InChI=1S/C26H30N6O8S4/c1-15(33)27-23-29-31(17(3)35)25(5,41-23)13-43(37,38)21-11-7-10-20-19(21)9-8-12-22(20)44(39,40)14-26(6)32(18(4)36)30-24(42-26)28-16(2)34/h7-12H,13-14H2,1-6H3,(H,27,29,33)(H,28,30,34)/t25-,26-/m1/s1. The first-order valence-corrected chi connectivity index (χ1v) is 17.9. The molecule has 0 radical (unpaired) electrons. The van der Waals surface area contributed by atoms with Gasteiger partial charge in [-0.05, 0) is 26.0 Å². The van der Waals surface area contributed by atoms with Crippen LogP contribution >= 0.6 is 23.5 Å². The molecule has 2 aliphatic rings. The van der Waals surface area contributed by atoms with Crippen LogP contribution in [0.2, 0.25) is 0 Å². The van der Waals surface area contributed by atoms with E-state index in [2.05, 4.69) is 20.8 Å². The van der Waals surface area contributed by atoms with Gasteiger partial charge in [-0.25, -0.2) is 26.9 Å². The number of amidine groups is 2. The fraction of sp³-hybridized carbons (Fsp3) is 0.385. The van der Waals surface area contributed by atoms with E-state index in [-0.39, 0.29) is 30.9 Å². The zero-order chi connectivity index (χ0) is 32.8. The first-order chi connectivity index (χ1) is 20.3. The van der Waals surface area contributed by atoms with Crippen LogP contribution in [0.25, 0.3) is 10.8 Å². The van der Waals surface area contributed by atoms with E-state index in [4.69, 9.17) is 0 Å². The summed E-state index contributed by atoms with van der Waals surface area (Å²) in [6.07, 6.45) is 0. The maximum absolute atomic E-state index is 13.9. The molecule has 14 nitrogen and oxygen atoms in total. The number of rotatable bonds is 6. The van der Waals surface area contributed by atoms with Crippen molar-refractivity contribution in [3.05, 3.63) is 36.4 Å². The highest BCUT2D eigenvalue weighted by Gasteiger charge is 2.48. The molecule has 2 aromatic carbocycles. The molecule has 0 aliphatic carbocycles. The van der Waals surface area contributed by atoms with E-state index in [9.17, 15) is 36.0 Å². The molecule has 44 heavy (non-hydrogen) atoms. The molecule has 0 unspecified atom stereocenters. The highest BCUT2D eigenvalue weighted by atomic mass is 32.2. The Labute approximate surface area is 262 Å². The van der Waals surface area contributed by atoms with Gasteiger partial charge in [0, 0.05) is 38.5 Å². The van der Waals surface area contributed by atoms with Crippen molar-refractivity contribution in [1.82, 2.24) is 20.7 Å². The van der Waals surface area contributed by atoms with Gasteiger partial charge in [0.15, 0.2) is 30.0 Å². The largest absolute Gasteiger partial charge is 0.304 e. The number of hydrazone groups is 2. The predicted octanol–water partition coefficient (Wildman–Crippen LogP) is 1.82. The second kappa shape index (κ2) is 11.8. The number of hydrogen-bond donors (Lipinski definition) is 2. The number of benzene rings is 2. The summed E-state index contributed by atoms with van der Waals surface area (Å²) in [4.78, 5) is 44.7. The average Bonchev–Trinajstić information content (AvgIpc) is 3.36. The van der Waals surface area contributed by atoms with Gasteiger partial charge < -0.3 is 10.6 Å². The Kier molecular flexibility index (Phi) is 8.95. The number of carbonyl (C=O) groups excluding carboxylic acids is 4. The van der Waals surface area contributed by atoms with Crippen LogP contribution in [0.5, 0.6) is 0 Å². The van der Waals surface area contributed by atoms with Crippen LogP contribution in [-0.4, -0.2) is 82.1 Å². The number of nitrogens with one attached hydrogen (secondary N) is 2. The van der Waals surface area contributed by atoms with Crippen molar-refractivity contribution in [2.24, 2.45) is 10.2 Å². The molecule has 236 valence electrons. The maximum Gasteiger partial charge on any atom is 0.240 e. The molecule has 4 rings (SSSR count). The lowest BCUT2D eigenvalue weighted by Gasteiger charge is -2.30. The van der Waals surface area contributed by atoms with Crippen molar-refractivity contribution < 1.29 is 36.0 Å². The molecule has 0 bridgehead atoms. The lowest BCUT2D eigenvalue weighted by Crippen LogP contribution is -2.45. The Morgan fingerprint density at radius 1 is 0.682 bits per heavy atom. The Bertz CT molecular complexity index is 1740. The minimum absolute atomic E-state index is 0.0696. The van der Waals surface area contributed by atoms with E-state index in [1.807, 2.05) is 0 Å². The Balaban J connectivity index is 1.72. The van der Waals surface area contributed by atoms with Crippen LogP contribution in [0, 0.1) is 0 Å². The highest BCUT2D eigenvalue weighted by molar-refractivity contribution is 8.16. The summed E-state index contributed by atoms with van der Waals surface area (Å²) in [5.74, 6) is -3.15. The first kappa shape index (κ1) is 33.4. The van der Waals surface area contributed by atoms with Gasteiger partial charge in [-0.3, -0.25) is 19.2 Å². The van der Waals surface area contributed by atoms with E-state index in [0.29, 0.717) is 0 Å². The second-order valence-corrected chi connectivity index (χ2v) is 17.4. The second-order valence-electron chi connectivity index (χ2n) is 10.5. The lowest BCUT2D eigenvalue weighted by molar-refractivity contribution is -0.131. The normalized spacial score (nSPS) is 22.0. The quantitative estimate of drug-likeness (QED) is 0.454. The zero-order valence-corrected chi connectivity index (χ0v) is 27.8. The molecule has 0 saturated heterocycles. The van der Waals surface area contributed by atoms with Crippen LogP contribution in [0.1, 0.15) is 41.5 Å². The van der Waals surface area contributed by atoms with E-state index in [1.165, 1.54) is 77.9 Å². The van der Waals surface area contributed by atoms with Crippen molar-refractivity contribution in [1.29, 1.82) is 0 Å². The number of carbonyl (C=O) groups is 4. The molecule has 0 spiro atoms. The number of thioether (sulfide) groups is 2. The van der Waals surface area contributed by atoms with Gasteiger partial charge in [-0.1, -0.05) is 47.8 Å². The number of nitrogens with zero attached hydrogens (tertiary/aromatic N) is 4. The highest BCUT2D eigenvalue weighted by Crippen LogP contribution is 2.42. The topological polar surface area (TPSA) is 192 Å². The lowest BCUT2D eigenvalue weighted by atomic mass is 10.1. The SMILES string of the molecule is CC(=O)NC1=NN(C(C)=O)[C@@](C)(CS(=O)(=O)c2cccc3c(S(=O)(=O)C[C@@]4(C)SC(NC(C)=O)=NN4C(C)=O)cccc23)S1. The molecule has 2 heterocycles. The van der Waals surface area contributed by atoms with Crippen LogP contribution in [-0.2, 0) is 38.9 Å². The van der Waals surface area contributed by atoms with E-state index in [1.54, 1.807) is 0 Å². The smallest absolute Gasteiger partial charge is 0.240 e. The molecule has 18 heteroatoms. The molecule has 0 saturated carbocycles. The van der Waals surface area contributed by atoms with Crippen molar-refractivity contribution in [2.75, 3.05) is 11.5 Å². The van der Waals surface area contributed by atoms with Crippen molar-refractivity contribution in [2.45, 2.75) is 61.1 Å². The van der Waals surface area contributed by atoms with Crippen LogP contribution in [0.4, 0.5) is 0 Å². The molecule has 0 fully saturated rings. The minimum atomic E-state index is -4.19. The van der Waals surface area contributed by atoms with Gasteiger partial charge in [0.1, 0.15) is 9.74 Å². The third-order valence-corrected chi connectivity index (χ3v) is 13.1. The molecule has 2 N–H and O–H groups in total. The van der Waals surface area contributed by atoms with Crippen LogP contribution in [0.15, 0.2) is 56.4 Å².